The SMILES string of the molecule is CCCCc1nn(C(C)C)c(O)c1CCC. The minimum atomic E-state index is 0.228. The van der Waals surface area contributed by atoms with Crippen molar-refractivity contribution in [2.24, 2.45) is 0 Å². The van der Waals surface area contributed by atoms with Crippen molar-refractivity contribution in [3.8, 4) is 5.88 Å². The van der Waals surface area contributed by atoms with E-state index in [9.17, 15) is 5.11 Å². The van der Waals surface area contributed by atoms with Gasteiger partial charge in [-0.2, -0.15) is 5.10 Å². The molecule has 0 saturated heterocycles. The molecule has 1 aromatic heterocycles. The molecule has 1 aromatic rings. The third-order valence-electron chi connectivity index (χ3n) is 2.82. The summed E-state index contributed by atoms with van der Waals surface area (Å²) in [5.74, 6) is 0.378. The fourth-order valence-electron chi connectivity index (χ4n) is 1.92. The highest BCUT2D eigenvalue weighted by molar-refractivity contribution is 5.31. The van der Waals surface area contributed by atoms with E-state index < -0.39 is 0 Å². The molecular formula is C13H24N2O. The molecule has 0 radical (unpaired) electrons. The Bertz CT molecular complexity index is 329. The maximum atomic E-state index is 10.1. The molecule has 0 amide bonds. The number of rotatable bonds is 6. The molecule has 0 fully saturated rings. The number of hydrogen-bond donors (Lipinski definition) is 1. The highest BCUT2D eigenvalue weighted by atomic mass is 16.3. The normalized spacial score (nSPS) is 11.3. The van der Waals surface area contributed by atoms with E-state index >= 15 is 0 Å². The maximum absolute atomic E-state index is 10.1. The fourth-order valence-corrected chi connectivity index (χ4v) is 1.92. The van der Waals surface area contributed by atoms with Crippen molar-refractivity contribution in [1.82, 2.24) is 9.78 Å². The fraction of sp³-hybridized carbons (Fsp3) is 0.769. The summed E-state index contributed by atoms with van der Waals surface area (Å²) in [6, 6.07) is 0.228. The number of nitrogens with zero attached hydrogens (tertiary/aromatic N) is 2. The van der Waals surface area contributed by atoms with Gasteiger partial charge in [-0.25, -0.2) is 4.68 Å². The summed E-state index contributed by atoms with van der Waals surface area (Å²) >= 11 is 0. The lowest BCUT2D eigenvalue weighted by Crippen LogP contribution is -2.02. The van der Waals surface area contributed by atoms with Gasteiger partial charge in [-0.1, -0.05) is 26.7 Å². The molecule has 92 valence electrons. The average molecular weight is 224 g/mol. The van der Waals surface area contributed by atoms with Crippen LogP contribution in [0.1, 0.15) is 64.3 Å². The first-order valence-corrected chi connectivity index (χ1v) is 6.41. The van der Waals surface area contributed by atoms with Gasteiger partial charge >= 0.3 is 0 Å². The van der Waals surface area contributed by atoms with E-state index in [0.717, 1.165) is 36.9 Å². The van der Waals surface area contributed by atoms with Crippen LogP contribution in [-0.2, 0) is 12.8 Å². The van der Waals surface area contributed by atoms with Crippen LogP contribution in [0, 0.1) is 0 Å². The lowest BCUT2D eigenvalue weighted by Gasteiger charge is -2.06. The van der Waals surface area contributed by atoms with Gasteiger partial charge in [-0.15, -0.1) is 0 Å². The van der Waals surface area contributed by atoms with E-state index in [0.29, 0.717) is 5.88 Å². The second kappa shape index (κ2) is 5.92. The van der Waals surface area contributed by atoms with Crippen LogP contribution in [0.4, 0.5) is 0 Å². The minimum Gasteiger partial charge on any atom is -0.493 e. The molecule has 1 N–H and O–H groups in total. The quantitative estimate of drug-likeness (QED) is 0.803. The van der Waals surface area contributed by atoms with Crippen LogP contribution in [0.2, 0.25) is 0 Å². The first kappa shape index (κ1) is 13.1. The predicted octanol–water partition coefficient (Wildman–Crippen LogP) is 3.46. The molecule has 1 heterocycles. The molecule has 3 heteroatoms. The van der Waals surface area contributed by atoms with Crippen molar-refractivity contribution >= 4 is 0 Å². The summed E-state index contributed by atoms with van der Waals surface area (Å²) in [5.41, 5.74) is 2.15. The van der Waals surface area contributed by atoms with Gasteiger partial charge in [0.25, 0.3) is 0 Å². The second-order valence-corrected chi connectivity index (χ2v) is 4.64. The molecular weight excluding hydrogens is 200 g/mol. The Morgan fingerprint density at radius 3 is 2.38 bits per heavy atom. The summed E-state index contributed by atoms with van der Waals surface area (Å²) in [6.45, 7) is 8.41. The molecule has 0 unspecified atom stereocenters. The van der Waals surface area contributed by atoms with Gasteiger partial charge in [-0.05, 0) is 33.1 Å². The molecule has 0 bridgehead atoms. The van der Waals surface area contributed by atoms with Crippen LogP contribution >= 0.6 is 0 Å². The maximum Gasteiger partial charge on any atom is 0.213 e. The molecule has 0 atom stereocenters. The topological polar surface area (TPSA) is 38.0 Å². The van der Waals surface area contributed by atoms with Crippen LogP contribution < -0.4 is 0 Å². The predicted molar refractivity (Wildman–Crippen MR) is 66.9 cm³/mol. The van der Waals surface area contributed by atoms with Crippen molar-refractivity contribution < 1.29 is 5.11 Å². The minimum absolute atomic E-state index is 0.228. The van der Waals surface area contributed by atoms with Gasteiger partial charge in [-0.3, -0.25) is 0 Å². The Hall–Kier alpha value is -0.990. The number of unbranched alkanes of at least 4 members (excludes halogenated alkanes) is 1. The van der Waals surface area contributed by atoms with E-state index in [4.69, 9.17) is 0 Å². The van der Waals surface area contributed by atoms with E-state index in [1.165, 1.54) is 6.42 Å². The molecule has 0 aliphatic carbocycles. The molecule has 1 rings (SSSR count). The van der Waals surface area contributed by atoms with E-state index in [2.05, 4.69) is 18.9 Å². The standard InChI is InChI=1S/C13H24N2O/c1-5-7-9-12-11(8-6-2)13(16)15(14-12)10(3)4/h10,16H,5-9H2,1-4H3. The highest BCUT2D eigenvalue weighted by Gasteiger charge is 2.17. The number of aromatic nitrogens is 2. The third kappa shape index (κ3) is 2.77. The van der Waals surface area contributed by atoms with E-state index in [1.807, 2.05) is 13.8 Å². The van der Waals surface area contributed by atoms with Crippen LogP contribution in [0.15, 0.2) is 0 Å². The van der Waals surface area contributed by atoms with Gasteiger partial charge in [0.15, 0.2) is 0 Å². The van der Waals surface area contributed by atoms with Gasteiger partial charge in [0.2, 0.25) is 5.88 Å². The van der Waals surface area contributed by atoms with Gasteiger partial charge in [0, 0.05) is 5.56 Å². The Morgan fingerprint density at radius 1 is 1.19 bits per heavy atom. The number of aryl methyl sites for hydroxylation is 1. The summed E-state index contributed by atoms with van der Waals surface area (Å²) < 4.78 is 1.75. The highest BCUT2D eigenvalue weighted by Crippen LogP contribution is 2.26. The first-order chi connectivity index (χ1) is 7.61. The molecule has 0 aliphatic heterocycles. The first-order valence-electron chi connectivity index (χ1n) is 6.41. The molecule has 0 aromatic carbocycles. The Morgan fingerprint density at radius 2 is 1.88 bits per heavy atom. The van der Waals surface area contributed by atoms with Crippen molar-refractivity contribution in [3.63, 3.8) is 0 Å². The largest absolute Gasteiger partial charge is 0.493 e. The lowest BCUT2D eigenvalue weighted by molar-refractivity contribution is 0.373. The summed E-state index contributed by atoms with van der Waals surface area (Å²) in [6.07, 6.45) is 5.28. The van der Waals surface area contributed by atoms with Crippen LogP contribution in [0.3, 0.4) is 0 Å². The van der Waals surface area contributed by atoms with Gasteiger partial charge in [0.1, 0.15) is 0 Å². The third-order valence-corrected chi connectivity index (χ3v) is 2.82. The number of aromatic hydroxyl groups is 1. The second-order valence-electron chi connectivity index (χ2n) is 4.64. The van der Waals surface area contributed by atoms with Crippen molar-refractivity contribution in [2.45, 2.75) is 65.8 Å². The monoisotopic (exact) mass is 224 g/mol. The average Bonchev–Trinajstić information content (AvgIpc) is 2.55. The molecule has 0 aliphatic rings. The Kier molecular flexibility index (Phi) is 4.84. The van der Waals surface area contributed by atoms with Crippen LogP contribution in [0.25, 0.3) is 0 Å². The van der Waals surface area contributed by atoms with Gasteiger partial charge in [0.05, 0.1) is 11.7 Å². The van der Waals surface area contributed by atoms with Crippen LogP contribution in [0.5, 0.6) is 5.88 Å². The molecule has 3 nitrogen and oxygen atoms in total. The molecule has 16 heavy (non-hydrogen) atoms. The number of hydrogen-bond acceptors (Lipinski definition) is 2. The van der Waals surface area contributed by atoms with E-state index in [-0.39, 0.29) is 6.04 Å². The summed E-state index contributed by atoms with van der Waals surface area (Å²) in [7, 11) is 0. The summed E-state index contributed by atoms with van der Waals surface area (Å²) in [5, 5.41) is 14.6. The van der Waals surface area contributed by atoms with Gasteiger partial charge < -0.3 is 5.11 Å². The summed E-state index contributed by atoms with van der Waals surface area (Å²) in [4.78, 5) is 0. The molecule has 0 saturated carbocycles. The van der Waals surface area contributed by atoms with Crippen molar-refractivity contribution in [2.75, 3.05) is 0 Å². The smallest absolute Gasteiger partial charge is 0.213 e. The lowest BCUT2D eigenvalue weighted by atomic mass is 10.1. The van der Waals surface area contributed by atoms with E-state index in [1.54, 1.807) is 4.68 Å². The Balaban J connectivity index is 2.99. The van der Waals surface area contributed by atoms with Crippen molar-refractivity contribution in [3.05, 3.63) is 11.3 Å². The zero-order valence-electron chi connectivity index (χ0n) is 11.0. The zero-order chi connectivity index (χ0) is 12.1. The van der Waals surface area contributed by atoms with Crippen molar-refractivity contribution in [1.29, 1.82) is 0 Å². The Labute approximate surface area is 98.5 Å². The zero-order valence-corrected chi connectivity index (χ0v) is 11.0. The van der Waals surface area contributed by atoms with Crippen LogP contribution in [-0.4, -0.2) is 14.9 Å². The molecule has 0 spiro atoms.